The fraction of sp³-hybridized carbons (Fsp3) is 0.400. The first-order valence-corrected chi connectivity index (χ1v) is 12.1. The van der Waals surface area contributed by atoms with Gasteiger partial charge in [0.2, 0.25) is 0 Å². The van der Waals surface area contributed by atoms with Gasteiger partial charge in [-0.2, -0.15) is 0 Å². The number of esters is 1. The summed E-state index contributed by atoms with van der Waals surface area (Å²) in [6.45, 7) is 5.45. The number of ether oxygens (including phenoxy) is 3. The molecule has 0 fully saturated rings. The lowest BCUT2D eigenvalue weighted by molar-refractivity contribution is -0.142. The summed E-state index contributed by atoms with van der Waals surface area (Å²) in [5, 5.41) is 5.16. The van der Waals surface area contributed by atoms with E-state index in [4.69, 9.17) is 14.2 Å². The molecule has 9 heteroatoms. The average Bonchev–Trinajstić information content (AvgIpc) is 3.11. The van der Waals surface area contributed by atoms with E-state index in [-0.39, 0.29) is 24.2 Å². The van der Waals surface area contributed by atoms with Gasteiger partial charge in [0.25, 0.3) is 0 Å². The Morgan fingerprint density at radius 1 is 0.971 bits per heavy atom. The van der Waals surface area contributed by atoms with E-state index in [1.807, 2.05) is 36.4 Å². The topological polar surface area (TPSA) is 103 Å². The fourth-order valence-electron chi connectivity index (χ4n) is 3.69. The minimum absolute atomic E-state index is 0.0814. The molecule has 1 aliphatic rings. The first kappa shape index (κ1) is 25.4. The van der Waals surface area contributed by atoms with E-state index < -0.39 is 29.8 Å². The van der Waals surface area contributed by atoms with Crippen molar-refractivity contribution in [3.8, 4) is 11.1 Å². The van der Waals surface area contributed by atoms with E-state index in [9.17, 15) is 14.4 Å². The molecule has 0 bridgehead atoms. The molecule has 0 saturated heterocycles. The van der Waals surface area contributed by atoms with Gasteiger partial charge in [-0.15, -0.1) is 11.8 Å². The fourth-order valence-corrected chi connectivity index (χ4v) is 4.49. The van der Waals surface area contributed by atoms with Crippen LogP contribution in [0.5, 0.6) is 0 Å². The van der Waals surface area contributed by atoms with Crippen LogP contribution in [0.15, 0.2) is 48.5 Å². The van der Waals surface area contributed by atoms with Crippen LogP contribution < -0.4 is 10.6 Å². The Morgan fingerprint density at radius 3 is 2.12 bits per heavy atom. The second-order valence-electron chi connectivity index (χ2n) is 8.74. The molecule has 0 aliphatic heterocycles. The van der Waals surface area contributed by atoms with Crippen molar-refractivity contribution < 1.29 is 28.6 Å². The summed E-state index contributed by atoms with van der Waals surface area (Å²) in [7, 11) is 1.25. The molecular weight excluding hydrogens is 456 g/mol. The van der Waals surface area contributed by atoms with Crippen LogP contribution in [0.25, 0.3) is 11.1 Å². The molecule has 0 heterocycles. The van der Waals surface area contributed by atoms with Gasteiger partial charge in [0, 0.05) is 11.7 Å². The van der Waals surface area contributed by atoms with E-state index in [1.54, 1.807) is 20.8 Å². The third-order valence-corrected chi connectivity index (χ3v) is 6.04. The molecule has 2 aromatic rings. The minimum Gasteiger partial charge on any atom is -0.467 e. The molecule has 8 nitrogen and oxygen atoms in total. The van der Waals surface area contributed by atoms with Gasteiger partial charge in [0.15, 0.2) is 0 Å². The number of carbonyl (C=O) groups is 3. The van der Waals surface area contributed by atoms with Gasteiger partial charge < -0.3 is 24.8 Å². The molecule has 2 N–H and O–H groups in total. The Bertz CT molecular complexity index is 991. The van der Waals surface area contributed by atoms with Gasteiger partial charge in [-0.05, 0) is 43.0 Å². The Kier molecular flexibility index (Phi) is 8.44. The highest BCUT2D eigenvalue weighted by atomic mass is 32.2. The van der Waals surface area contributed by atoms with Gasteiger partial charge >= 0.3 is 18.2 Å². The first-order valence-electron chi connectivity index (χ1n) is 10.9. The van der Waals surface area contributed by atoms with E-state index in [0.717, 1.165) is 22.3 Å². The summed E-state index contributed by atoms with van der Waals surface area (Å²) < 4.78 is 15.5. The second kappa shape index (κ2) is 11.3. The van der Waals surface area contributed by atoms with Crippen LogP contribution in [0.2, 0.25) is 0 Å². The number of nitrogens with one attached hydrogen (secondary N) is 2. The zero-order chi connectivity index (χ0) is 24.7. The number of carbonyl (C=O) groups excluding carboxylic acids is 3. The molecule has 3 rings (SSSR count). The highest BCUT2D eigenvalue weighted by Crippen LogP contribution is 2.44. The summed E-state index contributed by atoms with van der Waals surface area (Å²) >= 11 is 1.24. The standard InChI is InChI=1S/C25H30N2O6S/c1-25(2,3)33-23(29)26-15-34-14-21(22(28)31-4)27-24(30)32-13-20-18-11-7-5-9-16(18)17-10-6-8-12-19(17)20/h5-12,20-21H,13-15H2,1-4H3,(H,26,29)(H,27,30)/t21-/m0/s1. The maximum Gasteiger partial charge on any atom is 0.408 e. The van der Waals surface area contributed by atoms with Crippen molar-refractivity contribution in [1.29, 1.82) is 0 Å². The van der Waals surface area contributed by atoms with Gasteiger partial charge in [-0.1, -0.05) is 48.5 Å². The number of hydrogen-bond donors (Lipinski definition) is 2. The highest BCUT2D eigenvalue weighted by Gasteiger charge is 2.30. The van der Waals surface area contributed by atoms with Crippen LogP contribution in [0, 0.1) is 0 Å². The molecule has 0 aromatic heterocycles. The van der Waals surface area contributed by atoms with Crippen molar-refractivity contribution in [2.75, 3.05) is 25.3 Å². The van der Waals surface area contributed by atoms with E-state index in [0.29, 0.717) is 0 Å². The zero-order valence-electron chi connectivity index (χ0n) is 19.8. The lowest BCUT2D eigenvalue weighted by Crippen LogP contribution is -2.44. The van der Waals surface area contributed by atoms with Crippen molar-refractivity contribution in [3.05, 3.63) is 59.7 Å². The highest BCUT2D eigenvalue weighted by molar-refractivity contribution is 7.99. The van der Waals surface area contributed by atoms with Crippen molar-refractivity contribution >= 4 is 29.9 Å². The molecule has 2 aromatic carbocycles. The Morgan fingerprint density at radius 2 is 1.56 bits per heavy atom. The SMILES string of the molecule is COC(=O)[C@H](CSCNC(=O)OC(C)(C)C)NC(=O)OCC1c2ccccc2-c2ccccc21. The largest absolute Gasteiger partial charge is 0.467 e. The molecule has 182 valence electrons. The number of benzene rings is 2. The van der Waals surface area contributed by atoms with Crippen LogP contribution in [-0.2, 0) is 19.0 Å². The van der Waals surface area contributed by atoms with E-state index >= 15 is 0 Å². The zero-order valence-corrected chi connectivity index (χ0v) is 20.6. The van der Waals surface area contributed by atoms with Gasteiger partial charge in [0.05, 0.1) is 13.0 Å². The Balaban J connectivity index is 1.52. The van der Waals surface area contributed by atoms with Crippen molar-refractivity contribution in [3.63, 3.8) is 0 Å². The van der Waals surface area contributed by atoms with Crippen LogP contribution in [-0.4, -0.2) is 55.1 Å². The van der Waals surface area contributed by atoms with E-state index in [1.165, 1.54) is 18.9 Å². The quantitative estimate of drug-likeness (QED) is 0.248. The predicted molar refractivity (Wildman–Crippen MR) is 131 cm³/mol. The van der Waals surface area contributed by atoms with E-state index in [2.05, 4.69) is 22.8 Å². The summed E-state index contributed by atoms with van der Waals surface area (Å²) in [4.78, 5) is 36.4. The maximum absolute atomic E-state index is 12.5. The number of thioether (sulfide) groups is 1. The average molecular weight is 487 g/mol. The Labute approximate surface area is 203 Å². The Hall–Kier alpha value is -3.20. The third kappa shape index (κ3) is 6.66. The normalized spacial score (nSPS) is 13.3. The van der Waals surface area contributed by atoms with Crippen molar-refractivity contribution in [2.24, 2.45) is 0 Å². The third-order valence-electron chi connectivity index (χ3n) is 5.12. The monoisotopic (exact) mass is 486 g/mol. The predicted octanol–water partition coefficient (Wildman–Crippen LogP) is 4.28. The molecule has 0 unspecified atom stereocenters. The molecular formula is C25H30N2O6S. The molecule has 2 amide bonds. The number of fused-ring (bicyclic) bond motifs is 3. The molecule has 1 atom stereocenters. The number of methoxy groups -OCH3 is 1. The van der Waals surface area contributed by atoms with Gasteiger partial charge in [-0.25, -0.2) is 14.4 Å². The lowest BCUT2D eigenvalue weighted by Gasteiger charge is -2.20. The molecule has 0 saturated carbocycles. The van der Waals surface area contributed by atoms with Crippen molar-refractivity contribution in [2.45, 2.75) is 38.3 Å². The van der Waals surface area contributed by atoms with Crippen LogP contribution >= 0.6 is 11.8 Å². The van der Waals surface area contributed by atoms with Gasteiger partial charge in [-0.3, -0.25) is 0 Å². The maximum atomic E-state index is 12.5. The summed E-state index contributed by atoms with van der Waals surface area (Å²) in [5.41, 5.74) is 3.87. The van der Waals surface area contributed by atoms with Crippen LogP contribution in [0.3, 0.4) is 0 Å². The lowest BCUT2D eigenvalue weighted by atomic mass is 9.98. The smallest absolute Gasteiger partial charge is 0.408 e. The van der Waals surface area contributed by atoms with Crippen LogP contribution in [0.1, 0.15) is 37.8 Å². The molecule has 0 radical (unpaired) electrons. The molecule has 34 heavy (non-hydrogen) atoms. The first-order chi connectivity index (χ1) is 16.2. The molecule has 0 spiro atoms. The second-order valence-corrected chi connectivity index (χ2v) is 9.77. The van der Waals surface area contributed by atoms with Crippen molar-refractivity contribution in [1.82, 2.24) is 10.6 Å². The number of hydrogen-bond acceptors (Lipinski definition) is 7. The molecule has 1 aliphatic carbocycles. The number of rotatable bonds is 8. The van der Waals surface area contributed by atoms with Crippen LogP contribution in [0.4, 0.5) is 9.59 Å². The summed E-state index contributed by atoms with van der Waals surface area (Å²) in [5.74, 6) is -0.290. The summed E-state index contributed by atoms with van der Waals surface area (Å²) in [6, 6.07) is 15.2. The number of amides is 2. The number of alkyl carbamates (subject to hydrolysis) is 2. The minimum atomic E-state index is -0.925. The summed E-state index contributed by atoms with van der Waals surface area (Å²) in [6.07, 6.45) is -1.27. The van der Waals surface area contributed by atoms with Gasteiger partial charge in [0.1, 0.15) is 18.2 Å².